The van der Waals surface area contributed by atoms with E-state index in [1.165, 1.54) is 0 Å². The summed E-state index contributed by atoms with van der Waals surface area (Å²) in [4.78, 5) is 0. The summed E-state index contributed by atoms with van der Waals surface area (Å²) in [5, 5.41) is 9.26. The molecule has 19 heavy (non-hydrogen) atoms. The molecule has 0 saturated heterocycles. The lowest BCUT2D eigenvalue weighted by Crippen LogP contribution is -2.19. The second-order valence-electron chi connectivity index (χ2n) is 4.64. The van der Waals surface area contributed by atoms with Gasteiger partial charge in [0.2, 0.25) is 0 Å². The van der Waals surface area contributed by atoms with Gasteiger partial charge in [0, 0.05) is 13.2 Å². The summed E-state index contributed by atoms with van der Waals surface area (Å²) < 4.78 is 40.2. The van der Waals surface area contributed by atoms with E-state index < -0.39 is 12.8 Å². The molecular formula is C14H19F3O2. The predicted octanol–water partition coefficient (Wildman–Crippen LogP) is 3.12. The van der Waals surface area contributed by atoms with Gasteiger partial charge in [0.25, 0.3) is 0 Å². The molecule has 1 aromatic rings. The van der Waals surface area contributed by atoms with Gasteiger partial charge < -0.3 is 9.84 Å². The van der Waals surface area contributed by atoms with Gasteiger partial charge in [0.1, 0.15) is 6.61 Å². The van der Waals surface area contributed by atoms with Crippen molar-refractivity contribution in [1.82, 2.24) is 0 Å². The van der Waals surface area contributed by atoms with Crippen LogP contribution in [0, 0.1) is 12.8 Å². The number of aryl methyl sites for hydroxylation is 1. The van der Waals surface area contributed by atoms with Gasteiger partial charge in [-0.05, 0) is 36.8 Å². The summed E-state index contributed by atoms with van der Waals surface area (Å²) in [5.74, 6) is -0.0747. The van der Waals surface area contributed by atoms with Gasteiger partial charge in [-0.15, -0.1) is 0 Å². The Balaban J connectivity index is 2.36. The van der Waals surface area contributed by atoms with Crippen molar-refractivity contribution in [2.75, 3.05) is 19.8 Å². The number of hydrogen-bond acceptors (Lipinski definition) is 2. The fourth-order valence-electron chi connectivity index (χ4n) is 1.85. The van der Waals surface area contributed by atoms with Crippen molar-refractivity contribution in [3.8, 4) is 0 Å². The second-order valence-corrected chi connectivity index (χ2v) is 4.64. The number of ether oxygens (including phenoxy) is 1. The van der Waals surface area contributed by atoms with Gasteiger partial charge >= 0.3 is 6.18 Å². The molecule has 5 heteroatoms. The van der Waals surface area contributed by atoms with E-state index in [1.807, 2.05) is 31.2 Å². The summed E-state index contributed by atoms with van der Waals surface area (Å²) in [6, 6.07) is 7.79. The molecule has 0 aliphatic heterocycles. The Morgan fingerprint density at radius 3 is 2.53 bits per heavy atom. The maximum absolute atomic E-state index is 11.9. The fraction of sp³-hybridized carbons (Fsp3) is 0.571. The number of hydrogen-bond donors (Lipinski definition) is 1. The van der Waals surface area contributed by atoms with Crippen molar-refractivity contribution in [2.24, 2.45) is 5.92 Å². The Kier molecular flexibility index (Phi) is 6.31. The number of rotatable bonds is 7. The number of benzene rings is 1. The largest absolute Gasteiger partial charge is 0.411 e. The van der Waals surface area contributed by atoms with Gasteiger partial charge in [-0.2, -0.15) is 13.2 Å². The Morgan fingerprint density at radius 1 is 1.26 bits per heavy atom. The maximum atomic E-state index is 11.9. The van der Waals surface area contributed by atoms with Crippen molar-refractivity contribution in [1.29, 1.82) is 0 Å². The molecule has 1 aromatic carbocycles. The topological polar surface area (TPSA) is 29.5 Å². The zero-order valence-electron chi connectivity index (χ0n) is 10.9. The first-order valence-electron chi connectivity index (χ1n) is 6.22. The van der Waals surface area contributed by atoms with Crippen LogP contribution < -0.4 is 0 Å². The molecule has 0 bridgehead atoms. The molecular weight excluding hydrogens is 257 g/mol. The number of halogens is 3. The van der Waals surface area contributed by atoms with E-state index in [1.54, 1.807) is 0 Å². The van der Waals surface area contributed by atoms with Crippen LogP contribution >= 0.6 is 0 Å². The minimum Gasteiger partial charge on any atom is -0.396 e. The predicted molar refractivity (Wildman–Crippen MR) is 66.9 cm³/mol. The van der Waals surface area contributed by atoms with Gasteiger partial charge in [-0.1, -0.05) is 24.3 Å². The fourth-order valence-corrected chi connectivity index (χ4v) is 1.85. The minimum atomic E-state index is -4.29. The molecule has 0 saturated carbocycles. The molecule has 2 nitrogen and oxygen atoms in total. The highest BCUT2D eigenvalue weighted by Crippen LogP contribution is 2.17. The molecule has 1 atom stereocenters. The third-order valence-electron chi connectivity index (χ3n) is 2.96. The Bertz CT molecular complexity index is 377. The monoisotopic (exact) mass is 276 g/mol. The molecule has 0 aliphatic carbocycles. The van der Waals surface area contributed by atoms with E-state index in [-0.39, 0.29) is 19.1 Å². The summed E-state index contributed by atoms with van der Waals surface area (Å²) in [6.07, 6.45) is -3.22. The van der Waals surface area contributed by atoms with E-state index in [2.05, 4.69) is 4.74 Å². The van der Waals surface area contributed by atoms with E-state index in [0.29, 0.717) is 12.8 Å². The van der Waals surface area contributed by atoms with Crippen molar-refractivity contribution in [3.63, 3.8) is 0 Å². The Morgan fingerprint density at radius 2 is 1.95 bits per heavy atom. The maximum Gasteiger partial charge on any atom is 0.411 e. The zero-order chi connectivity index (χ0) is 14.3. The van der Waals surface area contributed by atoms with Crippen molar-refractivity contribution < 1.29 is 23.0 Å². The third kappa shape index (κ3) is 6.59. The standard InChI is InChI=1S/C14H19F3O2/c1-11-4-2-3-5-13(11)8-12(9-18)6-7-19-10-14(15,16)17/h2-5,12,18H,6-10H2,1H3. The smallest absolute Gasteiger partial charge is 0.396 e. The Labute approximate surface area is 111 Å². The lowest BCUT2D eigenvalue weighted by Gasteiger charge is -2.16. The molecule has 0 aromatic heterocycles. The Hall–Kier alpha value is -1.07. The van der Waals surface area contributed by atoms with Crippen molar-refractivity contribution >= 4 is 0 Å². The first kappa shape index (κ1) is 16.0. The van der Waals surface area contributed by atoms with Crippen molar-refractivity contribution in [3.05, 3.63) is 35.4 Å². The molecule has 0 aliphatic rings. The van der Waals surface area contributed by atoms with Crippen LogP contribution in [0.25, 0.3) is 0 Å². The lowest BCUT2D eigenvalue weighted by molar-refractivity contribution is -0.174. The van der Waals surface area contributed by atoms with E-state index in [9.17, 15) is 18.3 Å². The molecule has 0 amide bonds. The zero-order valence-corrected chi connectivity index (χ0v) is 10.9. The van der Waals surface area contributed by atoms with Crippen LogP contribution in [0.4, 0.5) is 13.2 Å². The summed E-state index contributed by atoms with van der Waals surface area (Å²) in [7, 11) is 0. The highest BCUT2D eigenvalue weighted by molar-refractivity contribution is 5.25. The van der Waals surface area contributed by atoms with Gasteiger partial charge in [0.05, 0.1) is 0 Å². The SMILES string of the molecule is Cc1ccccc1CC(CO)CCOCC(F)(F)F. The van der Waals surface area contributed by atoms with Crippen LogP contribution in [-0.2, 0) is 11.2 Å². The molecule has 108 valence electrons. The highest BCUT2D eigenvalue weighted by atomic mass is 19.4. The summed E-state index contributed by atoms with van der Waals surface area (Å²) in [5.41, 5.74) is 2.23. The van der Waals surface area contributed by atoms with E-state index in [4.69, 9.17) is 0 Å². The molecule has 0 heterocycles. The molecule has 0 spiro atoms. The van der Waals surface area contributed by atoms with Crippen LogP contribution in [0.3, 0.4) is 0 Å². The molecule has 0 fully saturated rings. The first-order chi connectivity index (χ1) is 8.92. The van der Waals surface area contributed by atoms with E-state index >= 15 is 0 Å². The number of alkyl halides is 3. The summed E-state index contributed by atoms with van der Waals surface area (Å²) >= 11 is 0. The van der Waals surface area contributed by atoms with Crippen LogP contribution in [0.5, 0.6) is 0 Å². The number of aliphatic hydroxyl groups excluding tert-OH is 1. The van der Waals surface area contributed by atoms with Crippen LogP contribution in [-0.4, -0.2) is 31.1 Å². The molecule has 0 radical (unpaired) electrons. The van der Waals surface area contributed by atoms with Crippen LogP contribution in [0.2, 0.25) is 0 Å². The average Bonchev–Trinajstić information content (AvgIpc) is 2.34. The molecule has 1 rings (SSSR count). The third-order valence-corrected chi connectivity index (χ3v) is 2.96. The second kappa shape index (κ2) is 7.50. The first-order valence-corrected chi connectivity index (χ1v) is 6.22. The van der Waals surface area contributed by atoms with Gasteiger partial charge in [0.15, 0.2) is 0 Å². The normalized spacial score (nSPS) is 13.5. The average molecular weight is 276 g/mol. The van der Waals surface area contributed by atoms with Crippen LogP contribution in [0.1, 0.15) is 17.5 Å². The van der Waals surface area contributed by atoms with Crippen molar-refractivity contribution in [2.45, 2.75) is 25.9 Å². The van der Waals surface area contributed by atoms with E-state index in [0.717, 1.165) is 11.1 Å². The number of aliphatic hydroxyl groups is 1. The summed E-state index contributed by atoms with van der Waals surface area (Å²) in [6.45, 7) is 0.708. The quantitative estimate of drug-likeness (QED) is 0.775. The van der Waals surface area contributed by atoms with Gasteiger partial charge in [-0.25, -0.2) is 0 Å². The van der Waals surface area contributed by atoms with Gasteiger partial charge in [-0.3, -0.25) is 0 Å². The lowest BCUT2D eigenvalue weighted by atomic mass is 9.94. The molecule has 1 N–H and O–H groups in total. The minimum absolute atomic E-state index is 0.0105. The highest BCUT2D eigenvalue weighted by Gasteiger charge is 2.27. The van der Waals surface area contributed by atoms with Crippen LogP contribution in [0.15, 0.2) is 24.3 Å². The molecule has 1 unspecified atom stereocenters.